The zero-order valence-electron chi connectivity index (χ0n) is 11.7. The largest absolute Gasteiger partial charge is 0.373 e. The number of aryl methyl sites for hydroxylation is 1. The highest BCUT2D eigenvalue weighted by atomic mass is 16.5. The van der Waals surface area contributed by atoms with Crippen molar-refractivity contribution in [2.24, 2.45) is 0 Å². The maximum atomic E-state index is 12.0. The third-order valence-corrected chi connectivity index (χ3v) is 4.03. The van der Waals surface area contributed by atoms with Crippen LogP contribution in [0.15, 0.2) is 15.4 Å². The van der Waals surface area contributed by atoms with E-state index in [9.17, 15) is 9.59 Å². The van der Waals surface area contributed by atoms with E-state index in [0.29, 0.717) is 11.8 Å². The van der Waals surface area contributed by atoms with Crippen molar-refractivity contribution in [3.05, 3.63) is 22.2 Å². The van der Waals surface area contributed by atoms with Gasteiger partial charge in [0, 0.05) is 51.4 Å². The molecule has 7 nitrogen and oxygen atoms in total. The highest BCUT2D eigenvalue weighted by Gasteiger charge is 2.28. The molecule has 0 aliphatic carbocycles. The minimum atomic E-state index is -0.383. The van der Waals surface area contributed by atoms with Gasteiger partial charge in [-0.3, -0.25) is 19.4 Å². The molecular weight excluding hydrogens is 260 g/mol. The zero-order valence-corrected chi connectivity index (χ0v) is 11.7. The first-order valence-electron chi connectivity index (χ1n) is 7.04. The van der Waals surface area contributed by atoms with Gasteiger partial charge in [-0.1, -0.05) is 0 Å². The van der Waals surface area contributed by atoms with Gasteiger partial charge >= 0.3 is 0 Å². The summed E-state index contributed by atoms with van der Waals surface area (Å²) in [6, 6.07) is 1.99. The molecule has 0 amide bonds. The van der Waals surface area contributed by atoms with Gasteiger partial charge in [-0.15, -0.1) is 4.74 Å². The highest BCUT2D eigenvalue weighted by Crippen LogP contribution is 2.09. The Morgan fingerprint density at radius 2 is 2.05 bits per heavy atom. The van der Waals surface area contributed by atoms with Crippen LogP contribution >= 0.6 is 0 Å². The minimum Gasteiger partial charge on any atom is -0.373 e. The Kier molecular flexibility index (Phi) is 3.73. The lowest BCUT2D eigenvalue weighted by atomic mass is 10.1. The molecule has 0 spiro atoms. The minimum absolute atomic E-state index is 0.240. The molecule has 0 saturated carbocycles. The molecule has 0 unspecified atom stereocenters. The van der Waals surface area contributed by atoms with Crippen molar-refractivity contribution in [2.75, 3.05) is 45.8 Å². The zero-order chi connectivity index (χ0) is 14.1. The molecule has 1 N–H and O–H groups in total. The second kappa shape index (κ2) is 5.51. The topological polar surface area (TPSA) is 70.7 Å². The summed E-state index contributed by atoms with van der Waals surface area (Å²) in [6.45, 7) is 7.71. The normalized spacial score (nSPS) is 21.9. The summed E-state index contributed by atoms with van der Waals surface area (Å²) < 4.78 is 5.97. The number of piperazine rings is 1. The third kappa shape index (κ3) is 2.70. The summed E-state index contributed by atoms with van der Waals surface area (Å²) in [5.41, 5.74) is -0.383. The average molecular weight is 280 g/mol. The lowest BCUT2D eigenvalue weighted by molar-refractivity contribution is 0.0537. The molecule has 3 heterocycles. The van der Waals surface area contributed by atoms with Crippen LogP contribution in [0.25, 0.3) is 0 Å². The maximum Gasteiger partial charge on any atom is 0.290 e. The lowest BCUT2D eigenvalue weighted by Gasteiger charge is -2.43. The molecule has 0 bridgehead atoms. The van der Waals surface area contributed by atoms with Gasteiger partial charge in [0.2, 0.25) is 0 Å². The van der Waals surface area contributed by atoms with Gasteiger partial charge < -0.3 is 9.84 Å². The van der Waals surface area contributed by atoms with Crippen LogP contribution in [0.2, 0.25) is 0 Å². The van der Waals surface area contributed by atoms with Crippen LogP contribution in [0.3, 0.4) is 0 Å². The molecule has 20 heavy (non-hydrogen) atoms. The molecule has 3 rings (SSSR count). The summed E-state index contributed by atoms with van der Waals surface area (Å²) >= 11 is 0. The van der Waals surface area contributed by atoms with Crippen molar-refractivity contribution in [1.29, 1.82) is 0 Å². The number of hydrogen-bond acceptors (Lipinski definition) is 6. The fourth-order valence-electron chi connectivity index (χ4n) is 2.70. The molecule has 0 radical (unpaired) electrons. The monoisotopic (exact) mass is 280 g/mol. The quantitative estimate of drug-likeness (QED) is 0.764. The first-order valence-corrected chi connectivity index (χ1v) is 7.04. The smallest absolute Gasteiger partial charge is 0.290 e. The Bertz CT molecular complexity index is 538. The van der Waals surface area contributed by atoms with Crippen LogP contribution in [0, 0.1) is 6.92 Å². The third-order valence-electron chi connectivity index (χ3n) is 4.03. The van der Waals surface area contributed by atoms with Gasteiger partial charge in [0.25, 0.3) is 11.5 Å². The number of aromatic nitrogens is 1. The summed E-state index contributed by atoms with van der Waals surface area (Å²) in [5.74, 6) is 0.174. The molecule has 7 heteroatoms. The Morgan fingerprint density at radius 3 is 2.55 bits per heavy atom. The first-order chi connectivity index (χ1) is 9.63. The van der Waals surface area contributed by atoms with Gasteiger partial charge in [-0.25, -0.2) is 0 Å². The van der Waals surface area contributed by atoms with Crippen molar-refractivity contribution >= 4 is 5.91 Å². The van der Waals surface area contributed by atoms with Crippen LogP contribution < -0.4 is 10.9 Å². The van der Waals surface area contributed by atoms with Crippen molar-refractivity contribution in [3.63, 3.8) is 0 Å². The molecule has 0 aromatic carbocycles. The van der Waals surface area contributed by atoms with Gasteiger partial charge in [0.1, 0.15) is 5.76 Å². The fourth-order valence-corrected chi connectivity index (χ4v) is 2.70. The summed E-state index contributed by atoms with van der Waals surface area (Å²) in [4.78, 5) is 28.1. The second-order valence-electron chi connectivity index (χ2n) is 5.50. The molecule has 2 aliphatic heterocycles. The molecule has 2 fully saturated rings. The van der Waals surface area contributed by atoms with Crippen molar-refractivity contribution < 1.29 is 9.32 Å². The van der Waals surface area contributed by atoms with Gasteiger partial charge in [-0.2, -0.15) is 0 Å². The molecule has 2 aliphatic rings. The van der Waals surface area contributed by atoms with E-state index in [1.165, 1.54) is 6.07 Å². The van der Waals surface area contributed by atoms with E-state index in [-0.39, 0.29) is 18.0 Å². The standard InChI is InChI=1S/C13H20N4O3/c1-10-6-12(18)17(20-10)13(19)9-15-2-4-16(5-3-15)11-7-14-8-11/h6,11,14H,2-5,7-9H2,1H3. The van der Waals surface area contributed by atoms with Gasteiger partial charge in [-0.05, 0) is 6.92 Å². The lowest BCUT2D eigenvalue weighted by Crippen LogP contribution is -2.61. The van der Waals surface area contributed by atoms with E-state index in [4.69, 9.17) is 4.52 Å². The Labute approximate surface area is 117 Å². The Morgan fingerprint density at radius 1 is 1.35 bits per heavy atom. The van der Waals surface area contributed by atoms with Gasteiger partial charge in [0.05, 0.1) is 6.54 Å². The number of carbonyl (C=O) groups excluding carboxylic acids is 1. The van der Waals surface area contributed by atoms with E-state index in [2.05, 4.69) is 15.1 Å². The van der Waals surface area contributed by atoms with Crippen LogP contribution in [0.5, 0.6) is 0 Å². The fraction of sp³-hybridized carbons (Fsp3) is 0.692. The van der Waals surface area contributed by atoms with E-state index in [0.717, 1.165) is 44.0 Å². The van der Waals surface area contributed by atoms with Crippen LogP contribution in [-0.4, -0.2) is 72.3 Å². The number of nitrogens with one attached hydrogen (secondary N) is 1. The molecule has 2 saturated heterocycles. The molecule has 0 atom stereocenters. The van der Waals surface area contributed by atoms with Gasteiger partial charge in [0.15, 0.2) is 0 Å². The van der Waals surface area contributed by atoms with Crippen molar-refractivity contribution in [2.45, 2.75) is 13.0 Å². The van der Waals surface area contributed by atoms with Crippen LogP contribution in [0.1, 0.15) is 10.6 Å². The first kappa shape index (κ1) is 13.5. The summed E-state index contributed by atoms with van der Waals surface area (Å²) in [7, 11) is 0. The SMILES string of the molecule is Cc1cc(=O)n(C(=O)CN2CCN(C3CNC3)CC2)o1. The van der Waals surface area contributed by atoms with E-state index >= 15 is 0 Å². The van der Waals surface area contributed by atoms with E-state index in [1.807, 2.05) is 0 Å². The number of carbonyl (C=O) groups is 1. The predicted octanol–water partition coefficient (Wildman–Crippen LogP) is -1.02. The van der Waals surface area contributed by atoms with Crippen LogP contribution in [0.4, 0.5) is 0 Å². The number of rotatable bonds is 3. The highest BCUT2D eigenvalue weighted by molar-refractivity contribution is 5.79. The number of nitrogens with zero attached hydrogens (tertiary/aromatic N) is 3. The van der Waals surface area contributed by atoms with Crippen molar-refractivity contribution in [3.8, 4) is 0 Å². The Balaban J connectivity index is 1.53. The second-order valence-corrected chi connectivity index (χ2v) is 5.50. The van der Waals surface area contributed by atoms with E-state index < -0.39 is 0 Å². The molecular formula is C13H20N4O3. The summed E-state index contributed by atoms with van der Waals surface area (Å²) in [5, 5.41) is 3.27. The predicted molar refractivity (Wildman–Crippen MR) is 73.0 cm³/mol. The Hall–Kier alpha value is -1.44. The van der Waals surface area contributed by atoms with Crippen LogP contribution in [-0.2, 0) is 0 Å². The molecule has 1 aromatic heterocycles. The van der Waals surface area contributed by atoms with Crippen molar-refractivity contribution in [1.82, 2.24) is 19.9 Å². The number of hydrogen-bond donors (Lipinski definition) is 1. The van der Waals surface area contributed by atoms with E-state index in [1.54, 1.807) is 6.92 Å². The average Bonchev–Trinajstić information content (AvgIpc) is 2.69. The summed E-state index contributed by atoms with van der Waals surface area (Å²) in [6.07, 6.45) is 0. The maximum absolute atomic E-state index is 12.0. The molecule has 1 aromatic rings. The molecule has 110 valence electrons.